The average molecular weight is 183 g/mol. The minimum atomic E-state index is -0.651. The van der Waals surface area contributed by atoms with Crippen LogP contribution in [0.15, 0.2) is 0 Å². The third-order valence-electron chi connectivity index (χ3n) is 3.60. The number of carboxylic acids is 1. The van der Waals surface area contributed by atoms with Crippen LogP contribution in [0.4, 0.5) is 0 Å². The molecule has 2 fully saturated rings. The number of carbonyl (C=O) groups is 1. The molecule has 0 heterocycles. The molecule has 2 aliphatic rings. The molecule has 3 heteroatoms. The number of nitrogens with two attached hydrogens (primary N) is 1. The fourth-order valence-electron chi connectivity index (χ4n) is 3.07. The monoisotopic (exact) mass is 183 g/mol. The van der Waals surface area contributed by atoms with E-state index >= 15 is 0 Å². The molecule has 2 aliphatic carbocycles. The van der Waals surface area contributed by atoms with Crippen molar-refractivity contribution in [3.8, 4) is 0 Å². The molecule has 3 nitrogen and oxygen atoms in total. The van der Waals surface area contributed by atoms with Gasteiger partial charge in [-0.15, -0.1) is 0 Å². The first-order valence-electron chi connectivity index (χ1n) is 5.11. The van der Waals surface area contributed by atoms with Gasteiger partial charge in [0.05, 0.1) is 5.92 Å². The second-order valence-electron chi connectivity index (χ2n) is 4.80. The lowest BCUT2D eigenvalue weighted by Gasteiger charge is -2.44. The topological polar surface area (TPSA) is 63.3 Å². The Kier molecular flexibility index (Phi) is 2.06. The second-order valence-corrected chi connectivity index (χ2v) is 4.80. The maximum atomic E-state index is 10.9. The quantitative estimate of drug-likeness (QED) is 0.645. The molecule has 2 rings (SSSR count). The highest BCUT2D eigenvalue weighted by atomic mass is 16.4. The summed E-state index contributed by atoms with van der Waals surface area (Å²) in [7, 11) is 0. The molecule has 3 N–H and O–H groups in total. The highest BCUT2D eigenvalue weighted by Crippen LogP contribution is 2.43. The number of rotatable bonds is 1. The average Bonchev–Trinajstić information content (AvgIpc) is 2.01. The van der Waals surface area contributed by atoms with Crippen LogP contribution in [0.3, 0.4) is 0 Å². The molecule has 74 valence electrons. The lowest BCUT2D eigenvalue weighted by Crippen LogP contribution is -2.50. The van der Waals surface area contributed by atoms with Crippen LogP contribution in [0.25, 0.3) is 0 Å². The van der Waals surface area contributed by atoms with E-state index in [1.54, 1.807) is 0 Å². The van der Waals surface area contributed by atoms with Gasteiger partial charge in [-0.05, 0) is 31.6 Å². The van der Waals surface area contributed by atoms with Crippen molar-refractivity contribution in [2.24, 2.45) is 17.6 Å². The van der Waals surface area contributed by atoms with Crippen molar-refractivity contribution >= 4 is 5.97 Å². The van der Waals surface area contributed by atoms with E-state index in [-0.39, 0.29) is 11.5 Å². The highest BCUT2D eigenvalue weighted by Gasteiger charge is 2.42. The van der Waals surface area contributed by atoms with Gasteiger partial charge in [-0.1, -0.05) is 12.8 Å². The lowest BCUT2D eigenvalue weighted by atomic mass is 9.64. The minimum Gasteiger partial charge on any atom is -0.481 e. The fourth-order valence-corrected chi connectivity index (χ4v) is 3.07. The first-order chi connectivity index (χ1) is 6.09. The number of hydrogen-bond donors (Lipinski definition) is 2. The van der Waals surface area contributed by atoms with Gasteiger partial charge in [0, 0.05) is 5.54 Å². The summed E-state index contributed by atoms with van der Waals surface area (Å²) < 4.78 is 0. The molecule has 13 heavy (non-hydrogen) atoms. The van der Waals surface area contributed by atoms with Crippen LogP contribution in [0.1, 0.15) is 38.5 Å². The minimum absolute atomic E-state index is 0.149. The van der Waals surface area contributed by atoms with Crippen LogP contribution < -0.4 is 5.73 Å². The second kappa shape index (κ2) is 2.98. The summed E-state index contributed by atoms with van der Waals surface area (Å²) in [6.07, 6.45) is 5.99. The third-order valence-corrected chi connectivity index (χ3v) is 3.60. The molecular formula is C10H17NO2. The van der Waals surface area contributed by atoms with Gasteiger partial charge in [0.1, 0.15) is 0 Å². The van der Waals surface area contributed by atoms with Crippen LogP contribution in [0.2, 0.25) is 0 Å². The van der Waals surface area contributed by atoms with Crippen molar-refractivity contribution in [2.75, 3.05) is 0 Å². The van der Waals surface area contributed by atoms with Crippen molar-refractivity contribution in [1.82, 2.24) is 0 Å². The van der Waals surface area contributed by atoms with E-state index in [4.69, 9.17) is 10.8 Å². The molecule has 2 bridgehead atoms. The molecular weight excluding hydrogens is 166 g/mol. The molecule has 0 aliphatic heterocycles. The Bertz CT molecular complexity index is 229. The zero-order valence-corrected chi connectivity index (χ0v) is 7.83. The van der Waals surface area contributed by atoms with E-state index in [1.807, 2.05) is 0 Å². The van der Waals surface area contributed by atoms with Crippen molar-refractivity contribution in [1.29, 1.82) is 0 Å². The Morgan fingerprint density at radius 2 is 2.23 bits per heavy atom. The summed E-state index contributed by atoms with van der Waals surface area (Å²) in [6, 6.07) is 0. The maximum Gasteiger partial charge on any atom is 0.306 e. The van der Waals surface area contributed by atoms with E-state index in [2.05, 4.69) is 0 Å². The van der Waals surface area contributed by atoms with Crippen molar-refractivity contribution in [3.63, 3.8) is 0 Å². The van der Waals surface area contributed by atoms with Gasteiger partial charge >= 0.3 is 5.97 Å². The van der Waals surface area contributed by atoms with E-state index in [1.165, 1.54) is 12.8 Å². The third kappa shape index (κ3) is 1.70. The van der Waals surface area contributed by atoms with E-state index in [0.717, 1.165) is 19.3 Å². The molecule has 3 atom stereocenters. The first kappa shape index (κ1) is 9.00. The number of aliphatic carboxylic acids is 1. The highest BCUT2D eigenvalue weighted by molar-refractivity contribution is 5.70. The number of carboxylic acid groups (broad SMARTS) is 1. The van der Waals surface area contributed by atoms with Crippen LogP contribution in [0, 0.1) is 11.8 Å². The SMILES string of the molecule is NC12CCCC(CC(C(=O)O)C1)C2. The first-order valence-corrected chi connectivity index (χ1v) is 5.11. The molecule has 2 saturated carbocycles. The van der Waals surface area contributed by atoms with Gasteiger partial charge in [-0.2, -0.15) is 0 Å². The van der Waals surface area contributed by atoms with Crippen LogP contribution >= 0.6 is 0 Å². The van der Waals surface area contributed by atoms with Gasteiger partial charge in [-0.3, -0.25) is 4.79 Å². The number of fused-ring (bicyclic) bond motifs is 2. The lowest BCUT2D eigenvalue weighted by molar-refractivity contribution is -0.145. The van der Waals surface area contributed by atoms with Crippen molar-refractivity contribution in [2.45, 2.75) is 44.1 Å². The summed E-state index contributed by atoms with van der Waals surface area (Å²) in [5, 5.41) is 8.95. The fraction of sp³-hybridized carbons (Fsp3) is 0.900. The Labute approximate surface area is 78.3 Å². The van der Waals surface area contributed by atoms with E-state index < -0.39 is 5.97 Å². The Hall–Kier alpha value is -0.570. The van der Waals surface area contributed by atoms with E-state index in [9.17, 15) is 4.79 Å². The molecule has 0 saturated heterocycles. The molecule has 0 amide bonds. The predicted octanol–water partition coefficient (Wildman–Crippen LogP) is 1.37. The summed E-state index contributed by atoms with van der Waals surface area (Å²) in [5.74, 6) is -0.251. The maximum absolute atomic E-state index is 10.9. The smallest absolute Gasteiger partial charge is 0.306 e. The molecule has 0 aromatic carbocycles. The zero-order valence-electron chi connectivity index (χ0n) is 7.83. The van der Waals surface area contributed by atoms with Gasteiger partial charge in [0.2, 0.25) is 0 Å². The van der Waals surface area contributed by atoms with Crippen LogP contribution in [0.5, 0.6) is 0 Å². The van der Waals surface area contributed by atoms with Crippen LogP contribution in [-0.2, 0) is 4.79 Å². The Morgan fingerprint density at radius 3 is 2.85 bits per heavy atom. The summed E-state index contributed by atoms with van der Waals surface area (Å²) in [5.41, 5.74) is 6.02. The normalized spacial score (nSPS) is 44.4. The predicted molar refractivity (Wildman–Crippen MR) is 49.2 cm³/mol. The Morgan fingerprint density at radius 1 is 1.46 bits per heavy atom. The number of hydrogen-bond acceptors (Lipinski definition) is 2. The molecule has 0 radical (unpaired) electrons. The molecule has 0 aromatic heterocycles. The summed E-state index contributed by atoms with van der Waals surface area (Å²) in [4.78, 5) is 10.9. The van der Waals surface area contributed by atoms with Gasteiger partial charge in [0.25, 0.3) is 0 Å². The molecule has 0 spiro atoms. The molecule has 0 aromatic rings. The zero-order chi connectivity index (χ0) is 9.47. The van der Waals surface area contributed by atoms with Crippen LogP contribution in [-0.4, -0.2) is 16.6 Å². The molecule has 3 unspecified atom stereocenters. The van der Waals surface area contributed by atoms with Gasteiger partial charge in [0.15, 0.2) is 0 Å². The van der Waals surface area contributed by atoms with Crippen molar-refractivity contribution < 1.29 is 9.90 Å². The van der Waals surface area contributed by atoms with Gasteiger partial charge in [-0.25, -0.2) is 0 Å². The van der Waals surface area contributed by atoms with Gasteiger partial charge < -0.3 is 10.8 Å². The summed E-state index contributed by atoms with van der Waals surface area (Å²) >= 11 is 0. The largest absolute Gasteiger partial charge is 0.481 e. The van der Waals surface area contributed by atoms with E-state index in [0.29, 0.717) is 12.3 Å². The Balaban J connectivity index is 2.11. The standard InChI is InChI=1S/C10H17NO2/c11-10-3-1-2-7(5-10)4-8(6-10)9(12)13/h7-8H,1-6,11H2,(H,12,13). The summed E-state index contributed by atoms with van der Waals surface area (Å²) in [6.45, 7) is 0. The van der Waals surface area contributed by atoms with Crippen molar-refractivity contribution in [3.05, 3.63) is 0 Å².